The van der Waals surface area contributed by atoms with Crippen molar-refractivity contribution in [3.05, 3.63) is 101 Å². The predicted molar refractivity (Wildman–Crippen MR) is 177 cm³/mol. The average Bonchev–Trinajstić information content (AvgIpc) is 3.75. The smallest absolute Gasteiger partial charge is 0.206 e. The molecule has 1 spiro atoms. The first kappa shape index (κ1) is 30.5. The number of alkyl halides is 3. The minimum atomic E-state index is -4.65. The van der Waals surface area contributed by atoms with E-state index in [0.29, 0.717) is 23.0 Å². The number of pyridine rings is 2. The van der Waals surface area contributed by atoms with Crippen molar-refractivity contribution in [3.63, 3.8) is 0 Å². The van der Waals surface area contributed by atoms with Crippen molar-refractivity contribution in [1.82, 2.24) is 24.5 Å². The molecule has 2 aliphatic heterocycles. The maximum atomic E-state index is 14.5. The molecule has 0 amide bonds. The van der Waals surface area contributed by atoms with Crippen LogP contribution < -0.4 is 9.13 Å². The molecule has 0 saturated heterocycles. The fourth-order valence-corrected chi connectivity index (χ4v) is 7.60. The van der Waals surface area contributed by atoms with Crippen molar-refractivity contribution >= 4 is 10.8 Å². The van der Waals surface area contributed by atoms with Gasteiger partial charge < -0.3 is 0 Å². The van der Waals surface area contributed by atoms with Crippen molar-refractivity contribution in [2.75, 3.05) is 0 Å². The normalized spacial score (nSPS) is 16.7. The van der Waals surface area contributed by atoms with Gasteiger partial charge in [-0.25, -0.2) is 4.98 Å². The predicted octanol–water partition coefficient (Wildman–Crippen LogP) is 7.91. The summed E-state index contributed by atoms with van der Waals surface area (Å²) in [5.41, 5.74) is 6.24. The molecule has 48 heavy (non-hydrogen) atoms. The fourth-order valence-electron chi connectivity index (χ4n) is 7.60. The van der Waals surface area contributed by atoms with Gasteiger partial charge in [-0.15, -0.1) is 9.78 Å². The van der Waals surface area contributed by atoms with Gasteiger partial charge in [0.2, 0.25) is 11.5 Å². The summed E-state index contributed by atoms with van der Waals surface area (Å²) in [5, 5.41) is 11.0. The van der Waals surface area contributed by atoms with E-state index in [1.807, 2.05) is 42.0 Å². The van der Waals surface area contributed by atoms with E-state index in [9.17, 15) is 13.2 Å². The van der Waals surface area contributed by atoms with Gasteiger partial charge in [0.1, 0.15) is 5.82 Å². The molecule has 0 radical (unpaired) electrons. The minimum Gasteiger partial charge on any atom is -0.206 e. The molecule has 6 aromatic rings. The molecule has 10 heteroatoms. The highest BCUT2D eigenvalue weighted by atomic mass is 19.4. The third-order valence-electron chi connectivity index (χ3n) is 9.83. The van der Waals surface area contributed by atoms with E-state index in [2.05, 4.69) is 94.7 Å². The van der Waals surface area contributed by atoms with Gasteiger partial charge in [-0.3, -0.25) is 0 Å². The minimum absolute atomic E-state index is 0.177. The van der Waals surface area contributed by atoms with Crippen LogP contribution in [-0.4, -0.2) is 24.5 Å². The number of benzene rings is 2. The fraction of sp³-hybridized carbons (Fsp3) is 0.342. The zero-order chi connectivity index (χ0) is 34.1. The second-order valence-corrected chi connectivity index (χ2v) is 14.7. The molecule has 6 heterocycles. The van der Waals surface area contributed by atoms with Crippen LogP contribution in [0.1, 0.15) is 88.5 Å². The lowest BCUT2D eigenvalue weighted by atomic mass is 9.84. The SMILES string of the molecule is Cc1nc2n(n1)C1(n3nc(C(F)(F)F)cc3-c3c4ccccc4c(-c4c(C(C)C)cccc4C(C)C)c[n+]31)[n+]1ccc(C(C)(C)C)cc1-2. The Kier molecular flexibility index (Phi) is 6.25. The van der Waals surface area contributed by atoms with Crippen LogP contribution in [0, 0.1) is 6.92 Å². The summed E-state index contributed by atoms with van der Waals surface area (Å²) in [6.07, 6.45) is -0.600. The van der Waals surface area contributed by atoms with Crippen LogP contribution in [0.3, 0.4) is 0 Å². The third-order valence-corrected chi connectivity index (χ3v) is 9.83. The first-order valence-electron chi connectivity index (χ1n) is 16.4. The van der Waals surface area contributed by atoms with Crippen LogP contribution in [-0.2, 0) is 17.5 Å². The largest absolute Gasteiger partial charge is 0.584 e. The zero-order valence-corrected chi connectivity index (χ0v) is 28.3. The van der Waals surface area contributed by atoms with E-state index < -0.39 is 17.8 Å². The van der Waals surface area contributed by atoms with Crippen molar-refractivity contribution in [1.29, 1.82) is 0 Å². The maximum absolute atomic E-state index is 14.5. The summed E-state index contributed by atoms with van der Waals surface area (Å²) in [7, 11) is 0. The van der Waals surface area contributed by atoms with E-state index in [-0.39, 0.29) is 17.3 Å². The quantitative estimate of drug-likeness (QED) is 0.183. The molecule has 0 saturated carbocycles. The second kappa shape index (κ2) is 9.84. The van der Waals surface area contributed by atoms with Gasteiger partial charge in [-0.05, 0) is 52.5 Å². The molecule has 0 N–H and O–H groups in total. The zero-order valence-electron chi connectivity index (χ0n) is 28.3. The number of aryl methyl sites for hydroxylation is 1. The summed E-state index contributed by atoms with van der Waals surface area (Å²) in [5.74, 6) is 0.0610. The Morgan fingerprint density at radius 3 is 2.08 bits per heavy atom. The van der Waals surface area contributed by atoms with Crippen LogP contribution in [0.15, 0.2) is 73.1 Å². The molecule has 2 aliphatic rings. The van der Waals surface area contributed by atoms with Crippen molar-refractivity contribution < 1.29 is 22.3 Å². The first-order valence-corrected chi connectivity index (χ1v) is 16.4. The Morgan fingerprint density at radius 2 is 1.46 bits per heavy atom. The lowest BCUT2D eigenvalue weighted by molar-refractivity contribution is -0.990. The number of nitrogens with zero attached hydrogens (tertiary/aromatic N) is 7. The van der Waals surface area contributed by atoms with Crippen LogP contribution in [0.2, 0.25) is 0 Å². The molecule has 4 aromatic heterocycles. The van der Waals surface area contributed by atoms with E-state index in [1.54, 1.807) is 4.68 Å². The Balaban J connectivity index is 1.58. The highest BCUT2D eigenvalue weighted by Gasteiger charge is 2.71. The van der Waals surface area contributed by atoms with Gasteiger partial charge in [0.05, 0.1) is 10.9 Å². The van der Waals surface area contributed by atoms with Crippen molar-refractivity contribution in [3.8, 4) is 34.0 Å². The molecule has 0 aliphatic carbocycles. The van der Waals surface area contributed by atoms with E-state index >= 15 is 0 Å². The van der Waals surface area contributed by atoms with Gasteiger partial charge in [0.25, 0.3) is 5.69 Å². The third kappa shape index (κ3) is 3.97. The van der Waals surface area contributed by atoms with Crippen molar-refractivity contribution in [2.24, 2.45) is 0 Å². The van der Waals surface area contributed by atoms with Crippen LogP contribution >= 0.6 is 0 Å². The molecule has 1 atom stereocenters. The van der Waals surface area contributed by atoms with Gasteiger partial charge in [-0.1, -0.05) is 98.7 Å². The number of halogens is 3. The Hall–Kier alpha value is -4.86. The van der Waals surface area contributed by atoms with E-state index in [4.69, 9.17) is 10.1 Å². The molecule has 0 bridgehead atoms. The maximum Gasteiger partial charge on any atom is 0.584 e. The molecular formula is C38H38F3N7+2. The van der Waals surface area contributed by atoms with Gasteiger partial charge in [0, 0.05) is 23.6 Å². The molecular weight excluding hydrogens is 611 g/mol. The lowest BCUT2D eigenvalue weighted by Crippen LogP contribution is -2.77. The average molecular weight is 650 g/mol. The Morgan fingerprint density at radius 1 is 0.792 bits per heavy atom. The molecule has 2 aromatic carbocycles. The first-order chi connectivity index (χ1) is 22.6. The Bertz CT molecular complexity index is 2280. The highest BCUT2D eigenvalue weighted by molar-refractivity contribution is 6.03. The monoisotopic (exact) mass is 649 g/mol. The highest BCUT2D eigenvalue weighted by Crippen LogP contribution is 2.46. The summed E-state index contributed by atoms with van der Waals surface area (Å²) in [6, 6.07) is 19.8. The molecule has 7 nitrogen and oxygen atoms in total. The van der Waals surface area contributed by atoms with Gasteiger partial charge >= 0.3 is 12.1 Å². The van der Waals surface area contributed by atoms with E-state index in [0.717, 1.165) is 33.2 Å². The summed E-state index contributed by atoms with van der Waals surface area (Å²) in [6.45, 7) is 17.0. The van der Waals surface area contributed by atoms with Crippen LogP contribution in [0.25, 0.3) is 44.8 Å². The van der Waals surface area contributed by atoms with Crippen molar-refractivity contribution in [2.45, 2.75) is 84.7 Å². The van der Waals surface area contributed by atoms with E-state index in [1.165, 1.54) is 21.9 Å². The standard InChI is InChI=1S/C38H38F3N7/c1-21(2)25-14-11-15-26(22(3)4)33(25)29-20-46-34(28-13-10-9-12-27(28)29)30-19-32(37(39,40)41)44-47(30)38(46)45-17-16-24(36(6,7)8)18-31(45)35-42-23(5)43-48(35)38/h9-22H,1-8H3/q+2. The summed E-state index contributed by atoms with van der Waals surface area (Å²) in [4.78, 5) is 4.85. The number of hydrogen-bond acceptors (Lipinski definition) is 3. The van der Waals surface area contributed by atoms with Crippen LogP contribution in [0.4, 0.5) is 13.2 Å². The van der Waals surface area contributed by atoms with Gasteiger partial charge in [-0.2, -0.15) is 18.3 Å². The summed E-state index contributed by atoms with van der Waals surface area (Å²) >= 11 is 0. The Labute approximate surface area is 277 Å². The second-order valence-electron chi connectivity index (χ2n) is 14.7. The number of fused-ring (bicyclic) bond motifs is 12. The molecule has 1 unspecified atom stereocenters. The molecule has 8 rings (SSSR count). The lowest BCUT2D eigenvalue weighted by Gasteiger charge is -2.22. The number of rotatable bonds is 3. The molecule has 0 fully saturated rings. The topological polar surface area (TPSA) is 56.3 Å². The van der Waals surface area contributed by atoms with Gasteiger partial charge in [0.15, 0.2) is 23.8 Å². The molecule has 244 valence electrons. The summed E-state index contributed by atoms with van der Waals surface area (Å²) < 4.78 is 50.7. The van der Waals surface area contributed by atoms with Crippen LogP contribution in [0.5, 0.6) is 0 Å². The number of aromatic nitrogens is 7. The number of hydrogen-bond donors (Lipinski definition) is 0.